The Morgan fingerprint density at radius 3 is 2.91 bits per heavy atom. The van der Waals surface area contributed by atoms with Gasteiger partial charge in [-0.05, 0) is 37.6 Å². The zero-order chi connectivity index (χ0) is 15.7. The zero-order valence-corrected chi connectivity index (χ0v) is 12.4. The van der Waals surface area contributed by atoms with Crippen molar-refractivity contribution in [2.24, 2.45) is 0 Å². The fourth-order valence-electron chi connectivity index (χ4n) is 3.13. The maximum absolute atomic E-state index is 14.1. The Labute approximate surface area is 128 Å². The molecule has 1 aliphatic heterocycles. The summed E-state index contributed by atoms with van der Waals surface area (Å²) in [4.78, 5) is 1.98. The van der Waals surface area contributed by atoms with Gasteiger partial charge in [-0.3, -0.25) is 9.58 Å². The zero-order valence-electron chi connectivity index (χ0n) is 12.4. The fourth-order valence-corrected chi connectivity index (χ4v) is 3.13. The Morgan fingerprint density at radius 2 is 2.14 bits per heavy atom. The molecular weight excluding hydrogens is 288 g/mol. The summed E-state index contributed by atoms with van der Waals surface area (Å²) >= 11 is 0. The van der Waals surface area contributed by atoms with Gasteiger partial charge in [0.2, 0.25) is 0 Å². The molecule has 1 fully saturated rings. The highest BCUT2D eigenvalue weighted by molar-refractivity contribution is 5.24. The number of likely N-dealkylation sites (tertiary alicyclic amines) is 1. The van der Waals surface area contributed by atoms with E-state index < -0.39 is 17.7 Å². The molecule has 1 N–H and O–H groups in total. The molecule has 1 aromatic carbocycles. The summed E-state index contributed by atoms with van der Waals surface area (Å²) in [5, 5.41) is 14.2. The minimum absolute atomic E-state index is 0.305. The normalized spacial score (nSPS) is 22.4. The first kappa shape index (κ1) is 15.1. The van der Waals surface area contributed by atoms with E-state index in [2.05, 4.69) is 5.10 Å². The number of hydrogen-bond acceptors (Lipinski definition) is 3. The molecule has 118 valence electrons. The van der Waals surface area contributed by atoms with Crippen LogP contribution in [-0.4, -0.2) is 32.4 Å². The molecule has 6 heteroatoms. The highest BCUT2D eigenvalue weighted by Crippen LogP contribution is 2.35. The van der Waals surface area contributed by atoms with E-state index in [-0.39, 0.29) is 6.04 Å². The van der Waals surface area contributed by atoms with Gasteiger partial charge in [0.15, 0.2) is 0 Å². The summed E-state index contributed by atoms with van der Waals surface area (Å²) in [6.07, 6.45) is 1.59. The lowest BCUT2D eigenvalue weighted by Crippen LogP contribution is -2.26. The molecule has 0 radical (unpaired) electrons. The third-order valence-corrected chi connectivity index (χ3v) is 4.17. The first-order chi connectivity index (χ1) is 10.6. The molecule has 0 bridgehead atoms. The van der Waals surface area contributed by atoms with Crippen LogP contribution in [0.3, 0.4) is 0 Å². The maximum atomic E-state index is 14.1. The van der Waals surface area contributed by atoms with Crippen LogP contribution in [0.4, 0.5) is 8.78 Å². The molecule has 0 spiro atoms. The number of benzene rings is 1. The van der Waals surface area contributed by atoms with Crippen molar-refractivity contribution in [2.75, 3.05) is 6.54 Å². The van der Waals surface area contributed by atoms with E-state index in [4.69, 9.17) is 0 Å². The number of halogens is 2. The van der Waals surface area contributed by atoms with E-state index in [1.807, 2.05) is 22.6 Å². The van der Waals surface area contributed by atoms with Crippen LogP contribution < -0.4 is 0 Å². The Kier molecular flexibility index (Phi) is 4.22. The van der Waals surface area contributed by atoms with Crippen molar-refractivity contribution in [3.8, 4) is 0 Å². The molecule has 2 heterocycles. The molecule has 0 saturated carbocycles. The molecule has 22 heavy (non-hydrogen) atoms. The van der Waals surface area contributed by atoms with E-state index in [1.54, 1.807) is 6.20 Å². The average Bonchev–Trinajstić information content (AvgIpc) is 3.08. The summed E-state index contributed by atoms with van der Waals surface area (Å²) in [6.45, 7) is 3.73. The second kappa shape index (κ2) is 6.14. The first-order valence-electron chi connectivity index (χ1n) is 7.46. The van der Waals surface area contributed by atoms with E-state index >= 15 is 0 Å². The van der Waals surface area contributed by atoms with Crippen LogP contribution in [-0.2, 0) is 13.1 Å². The van der Waals surface area contributed by atoms with Crippen LogP contribution in [0.15, 0.2) is 30.5 Å². The van der Waals surface area contributed by atoms with Crippen molar-refractivity contribution in [1.82, 2.24) is 14.7 Å². The quantitative estimate of drug-likeness (QED) is 0.943. The van der Waals surface area contributed by atoms with Crippen molar-refractivity contribution in [3.63, 3.8) is 0 Å². The lowest BCUT2D eigenvalue weighted by atomic mass is 10.0. The molecule has 1 aromatic heterocycles. The maximum Gasteiger partial charge on any atom is 0.128 e. The van der Waals surface area contributed by atoms with E-state index in [0.717, 1.165) is 24.4 Å². The number of nitrogens with zero attached hydrogens (tertiary/aromatic N) is 3. The summed E-state index contributed by atoms with van der Waals surface area (Å²) in [6, 6.07) is 5.06. The van der Waals surface area contributed by atoms with Gasteiger partial charge in [-0.2, -0.15) is 5.10 Å². The number of rotatable bonds is 4. The van der Waals surface area contributed by atoms with Crippen molar-refractivity contribution >= 4 is 0 Å². The summed E-state index contributed by atoms with van der Waals surface area (Å²) in [5.41, 5.74) is 1.30. The summed E-state index contributed by atoms with van der Waals surface area (Å²) < 4.78 is 29.4. The van der Waals surface area contributed by atoms with E-state index in [9.17, 15) is 13.9 Å². The lowest BCUT2D eigenvalue weighted by Gasteiger charge is -2.25. The van der Waals surface area contributed by atoms with Gasteiger partial charge in [0, 0.05) is 37.4 Å². The number of aliphatic hydroxyl groups excluding tert-OH is 1. The monoisotopic (exact) mass is 307 g/mol. The lowest BCUT2D eigenvalue weighted by molar-refractivity contribution is 0.171. The Balaban J connectivity index is 1.87. The van der Waals surface area contributed by atoms with Gasteiger partial charge in [-0.25, -0.2) is 8.78 Å². The Hall–Kier alpha value is -1.79. The van der Waals surface area contributed by atoms with Gasteiger partial charge < -0.3 is 5.11 Å². The number of β-amino-alcohol motifs (C(OH)–C–C–N with tert-alkyl or cyclic N) is 1. The second-order valence-corrected chi connectivity index (χ2v) is 5.64. The molecule has 4 nitrogen and oxygen atoms in total. The van der Waals surface area contributed by atoms with Gasteiger partial charge >= 0.3 is 0 Å². The third-order valence-electron chi connectivity index (χ3n) is 4.17. The Bertz CT molecular complexity index is 659. The highest BCUT2D eigenvalue weighted by Gasteiger charge is 2.34. The second-order valence-electron chi connectivity index (χ2n) is 5.64. The molecule has 1 saturated heterocycles. The summed E-state index contributed by atoms with van der Waals surface area (Å²) in [5.74, 6) is -0.897. The van der Waals surface area contributed by atoms with E-state index in [1.165, 1.54) is 6.07 Å². The van der Waals surface area contributed by atoms with Crippen molar-refractivity contribution in [3.05, 3.63) is 53.4 Å². The first-order valence-corrected chi connectivity index (χ1v) is 7.46. The van der Waals surface area contributed by atoms with Gasteiger partial charge in [0.25, 0.3) is 0 Å². The van der Waals surface area contributed by atoms with Gasteiger partial charge in [-0.1, -0.05) is 0 Å². The molecule has 2 unspecified atom stereocenters. The SMILES string of the molecule is CCn1nccc1CN1CC(O)CC1c1cc(F)ccc1F. The van der Waals surface area contributed by atoms with E-state index in [0.29, 0.717) is 25.1 Å². The average molecular weight is 307 g/mol. The number of aliphatic hydroxyl groups is 1. The van der Waals surface area contributed by atoms with Gasteiger partial charge in [0.1, 0.15) is 11.6 Å². The molecule has 2 atom stereocenters. The predicted octanol–water partition coefficient (Wildman–Crippen LogP) is 2.49. The number of hydrogen-bond donors (Lipinski definition) is 1. The van der Waals surface area contributed by atoms with Crippen LogP contribution >= 0.6 is 0 Å². The number of aryl methyl sites for hydroxylation is 1. The molecule has 3 rings (SSSR count). The van der Waals surface area contributed by atoms with Crippen LogP contribution in [0.25, 0.3) is 0 Å². The fraction of sp³-hybridized carbons (Fsp3) is 0.438. The van der Waals surface area contributed by atoms with Crippen molar-refractivity contribution < 1.29 is 13.9 Å². The molecule has 0 amide bonds. The molecule has 2 aromatic rings. The van der Waals surface area contributed by atoms with Crippen LogP contribution in [0.1, 0.15) is 30.6 Å². The minimum atomic E-state index is -0.536. The van der Waals surface area contributed by atoms with Gasteiger partial charge in [-0.15, -0.1) is 0 Å². The topological polar surface area (TPSA) is 41.3 Å². The standard InChI is InChI=1S/C16H19F2N3O/c1-2-21-12(5-6-19-21)9-20-10-13(22)8-16(20)14-7-11(17)3-4-15(14)18/h3-7,13,16,22H,2,8-10H2,1H3. The van der Waals surface area contributed by atoms with Crippen LogP contribution in [0.5, 0.6) is 0 Å². The predicted molar refractivity (Wildman–Crippen MR) is 78.0 cm³/mol. The van der Waals surface area contributed by atoms with Crippen LogP contribution in [0.2, 0.25) is 0 Å². The minimum Gasteiger partial charge on any atom is -0.392 e. The Morgan fingerprint density at radius 1 is 1.32 bits per heavy atom. The third kappa shape index (κ3) is 2.89. The van der Waals surface area contributed by atoms with Crippen molar-refractivity contribution in [2.45, 2.75) is 38.6 Å². The van der Waals surface area contributed by atoms with Crippen molar-refractivity contribution in [1.29, 1.82) is 0 Å². The van der Waals surface area contributed by atoms with Gasteiger partial charge in [0.05, 0.1) is 11.8 Å². The summed E-state index contributed by atoms with van der Waals surface area (Å²) in [7, 11) is 0. The van der Waals surface area contributed by atoms with Crippen LogP contribution in [0, 0.1) is 11.6 Å². The highest BCUT2D eigenvalue weighted by atomic mass is 19.1. The largest absolute Gasteiger partial charge is 0.392 e. The molecular formula is C16H19F2N3O. The molecule has 1 aliphatic rings. The smallest absolute Gasteiger partial charge is 0.128 e. The molecule has 0 aliphatic carbocycles. The number of aromatic nitrogens is 2.